The fourth-order valence-corrected chi connectivity index (χ4v) is 8.28. The molecule has 66 heavy (non-hydrogen) atoms. The molecule has 0 aliphatic carbocycles. The second-order valence-corrected chi connectivity index (χ2v) is 18.6. The molecule has 0 saturated carbocycles. The lowest BCUT2D eigenvalue weighted by molar-refractivity contribution is -0.302. The fourth-order valence-electron chi connectivity index (χ4n) is 8.28. The van der Waals surface area contributed by atoms with Crippen LogP contribution in [0.3, 0.4) is 0 Å². The van der Waals surface area contributed by atoms with Crippen LogP contribution in [0, 0.1) is 0 Å². The number of amides is 1. The third-order valence-electron chi connectivity index (χ3n) is 12.6. The van der Waals surface area contributed by atoms with Crippen molar-refractivity contribution in [2.24, 2.45) is 0 Å². The third kappa shape index (κ3) is 35.7. The lowest BCUT2D eigenvalue weighted by Gasteiger charge is -2.40. The maximum absolute atomic E-state index is 13.0. The Labute approximate surface area is 404 Å². The number of hydrogen-bond donors (Lipinski definition) is 6. The lowest BCUT2D eigenvalue weighted by atomic mass is 9.99. The standard InChI is InChI=1S/C57H101NO8/c1-3-5-7-9-11-13-15-17-18-19-20-21-22-23-24-25-26-27-28-29-30-31-32-33-34-35-37-39-41-43-45-47-53(61)58-50(49-65-57-56(64)55(63)54(62)52(48-59)66-57)51(60)46-44-42-40-38-36-16-14-12-10-8-6-4-2/h5,7,11,13,17-18,20-21,23-24,26-27,50-52,54-57,59-60,62-64H,3-4,6,8-10,12,14-16,19,22,25,28-49H2,1-2H3,(H,58,61)/b7-5-,13-11-,18-17-,21-20-,24-23-,27-26-. The number of aliphatic hydroxyl groups excluding tert-OH is 5. The van der Waals surface area contributed by atoms with Gasteiger partial charge in [-0.15, -0.1) is 0 Å². The first kappa shape index (κ1) is 61.6. The first-order chi connectivity index (χ1) is 32.3. The molecule has 1 aliphatic heterocycles. The van der Waals surface area contributed by atoms with Gasteiger partial charge in [0, 0.05) is 6.42 Å². The van der Waals surface area contributed by atoms with E-state index in [2.05, 4.69) is 92.1 Å². The topological polar surface area (TPSA) is 149 Å². The van der Waals surface area contributed by atoms with E-state index in [9.17, 15) is 30.3 Å². The van der Waals surface area contributed by atoms with Gasteiger partial charge in [-0.05, 0) is 64.2 Å². The third-order valence-corrected chi connectivity index (χ3v) is 12.6. The summed E-state index contributed by atoms with van der Waals surface area (Å²) in [5.41, 5.74) is 0. The van der Waals surface area contributed by atoms with Crippen LogP contribution < -0.4 is 5.32 Å². The lowest BCUT2D eigenvalue weighted by Crippen LogP contribution is -2.60. The summed E-state index contributed by atoms with van der Waals surface area (Å²) in [4.78, 5) is 13.0. The molecule has 6 N–H and O–H groups in total. The Bertz CT molecular complexity index is 1260. The van der Waals surface area contributed by atoms with Crippen molar-refractivity contribution < 1.29 is 39.8 Å². The van der Waals surface area contributed by atoms with E-state index in [0.29, 0.717) is 12.8 Å². The highest BCUT2D eigenvalue weighted by atomic mass is 16.7. The Morgan fingerprint density at radius 1 is 0.530 bits per heavy atom. The highest BCUT2D eigenvalue weighted by Gasteiger charge is 2.44. The van der Waals surface area contributed by atoms with E-state index in [1.807, 2.05) is 0 Å². The van der Waals surface area contributed by atoms with Crippen LogP contribution in [0.15, 0.2) is 72.9 Å². The molecule has 1 fully saturated rings. The Morgan fingerprint density at radius 2 is 0.939 bits per heavy atom. The molecule has 0 aromatic carbocycles. The van der Waals surface area contributed by atoms with Crippen LogP contribution in [0.25, 0.3) is 0 Å². The van der Waals surface area contributed by atoms with E-state index in [0.717, 1.165) is 77.0 Å². The average molecular weight is 928 g/mol. The fraction of sp³-hybridized carbons (Fsp3) is 0.772. The van der Waals surface area contributed by atoms with Gasteiger partial charge in [0.05, 0.1) is 25.4 Å². The predicted molar refractivity (Wildman–Crippen MR) is 276 cm³/mol. The van der Waals surface area contributed by atoms with Crippen molar-refractivity contribution in [1.29, 1.82) is 0 Å². The van der Waals surface area contributed by atoms with Gasteiger partial charge in [-0.2, -0.15) is 0 Å². The maximum Gasteiger partial charge on any atom is 0.220 e. The summed E-state index contributed by atoms with van der Waals surface area (Å²) in [5, 5.41) is 54.5. The zero-order chi connectivity index (χ0) is 48.0. The molecule has 1 heterocycles. The highest BCUT2D eigenvalue weighted by Crippen LogP contribution is 2.23. The van der Waals surface area contributed by atoms with Gasteiger partial charge < -0.3 is 40.3 Å². The Hall–Kier alpha value is -2.37. The van der Waals surface area contributed by atoms with E-state index in [1.165, 1.54) is 122 Å². The van der Waals surface area contributed by atoms with E-state index < -0.39 is 49.5 Å². The van der Waals surface area contributed by atoms with Gasteiger partial charge in [-0.3, -0.25) is 4.79 Å². The van der Waals surface area contributed by atoms with Gasteiger partial charge >= 0.3 is 0 Å². The van der Waals surface area contributed by atoms with E-state index in [4.69, 9.17) is 9.47 Å². The monoisotopic (exact) mass is 928 g/mol. The number of aliphatic hydroxyl groups is 5. The van der Waals surface area contributed by atoms with Gasteiger partial charge in [-0.1, -0.05) is 228 Å². The molecule has 0 aromatic heterocycles. The Balaban J connectivity index is 2.16. The molecular formula is C57H101NO8. The molecule has 1 aliphatic rings. The number of carbonyl (C=O) groups is 1. The molecular weight excluding hydrogens is 827 g/mol. The molecule has 9 nitrogen and oxygen atoms in total. The number of carbonyl (C=O) groups excluding carboxylic acids is 1. The molecule has 0 bridgehead atoms. The number of unbranched alkanes of at least 4 members (excludes halogenated alkanes) is 23. The largest absolute Gasteiger partial charge is 0.394 e. The van der Waals surface area contributed by atoms with Gasteiger partial charge in [-0.25, -0.2) is 0 Å². The van der Waals surface area contributed by atoms with E-state index in [-0.39, 0.29) is 12.5 Å². The van der Waals surface area contributed by atoms with E-state index in [1.54, 1.807) is 0 Å². The first-order valence-corrected chi connectivity index (χ1v) is 27.1. The highest BCUT2D eigenvalue weighted by molar-refractivity contribution is 5.76. The molecule has 0 spiro atoms. The van der Waals surface area contributed by atoms with Crippen LogP contribution in [0.2, 0.25) is 0 Å². The molecule has 1 saturated heterocycles. The summed E-state index contributed by atoms with van der Waals surface area (Å²) in [6.45, 7) is 3.71. The Kier molecular flexibility index (Phi) is 43.3. The summed E-state index contributed by atoms with van der Waals surface area (Å²) >= 11 is 0. The SMILES string of the molecule is CC/C=C\C/C=C\C/C=C\C/C=C\C/C=C\C/C=C\CCCCCCCCCCCCCCC(=O)NC(COC1OC(CO)C(O)C(O)C1O)C(O)CCCCCCCCCCCCCC. The predicted octanol–water partition coefficient (Wildman–Crippen LogP) is 12.9. The second kappa shape index (κ2) is 46.4. The quantitative estimate of drug-likeness (QED) is 0.0261. The molecule has 0 aromatic rings. The number of ether oxygens (including phenoxy) is 2. The van der Waals surface area contributed by atoms with Crippen molar-refractivity contribution in [3.63, 3.8) is 0 Å². The van der Waals surface area contributed by atoms with Crippen LogP contribution in [-0.2, 0) is 14.3 Å². The van der Waals surface area contributed by atoms with Crippen molar-refractivity contribution in [2.75, 3.05) is 13.2 Å². The first-order valence-electron chi connectivity index (χ1n) is 27.1. The summed E-state index contributed by atoms with van der Waals surface area (Å²) < 4.78 is 11.3. The van der Waals surface area contributed by atoms with Gasteiger partial charge in [0.2, 0.25) is 5.91 Å². The minimum absolute atomic E-state index is 0.141. The molecule has 1 rings (SSSR count). The maximum atomic E-state index is 13.0. The van der Waals surface area contributed by atoms with Crippen LogP contribution in [0.5, 0.6) is 0 Å². The molecule has 382 valence electrons. The average Bonchev–Trinajstić information content (AvgIpc) is 3.32. The van der Waals surface area contributed by atoms with Crippen LogP contribution in [0.4, 0.5) is 0 Å². The van der Waals surface area contributed by atoms with Crippen molar-refractivity contribution in [3.05, 3.63) is 72.9 Å². The van der Waals surface area contributed by atoms with Crippen LogP contribution in [0.1, 0.15) is 226 Å². The molecule has 1 amide bonds. The minimum atomic E-state index is -1.56. The second-order valence-electron chi connectivity index (χ2n) is 18.6. The van der Waals surface area contributed by atoms with Crippen molar-refractivity contribution >= 4 is 5.91 Å². The van der Waals surface area contributed by atoms with Crippen molar-refractivity contribution in [1.82, 2.24) is 5.32 Å². The zero-order valence-corrected chi connectivity index (χ0v) is 42.2. The van der Waals surface area contributed by atoms with Gasteiger partial charge in [0.25, 0.3) is 0 Å². The van der Waals surface area contributed by atoms with Gasteiger partial charge in [0.15, 0.2) is 6.29 Å². The normalized spacial score (nSPS) is 20.4. The minimum Gasteiger partial charge on any atom is -0.394 e. The van der Waals surface area contributed by atoms with Crippen LogP contribution >= 0.6 is 0 Å². The summed E-state index contributed by atoms with van der Waals surface area (Å²) in [6, 6.07) is -0.722. The van der Waals surface area contributed by atoms with Crippen LogP contribution in [-0.4, -0.2) is 87.5 Å². The zero-order valence-electron chi connectivity index (χ0n) is 42.2. The molecule has 9 heteroatoms. The number of rotatable bonds is 45. The molecule has 7 unspecified atom stereocenters. The number of nitrogens with one attached hydrogen (secondary N) is 1. The van der Waals surface area contributed by atoms with E-state index >= 15 is 0 Å². The smallest absolute Gasteiger partial charge is 0.220 e. The molecule has 7 atom stereocenters. The number of allylic oxidation sites excluding steroid dienone is 12. The van der Waals surface area contributed by atoms with Crippen molar-refractivity contribution in [2.45, 2.75) is 269 Å². The van der Waals surface area contributed by atoms with Gasteiger partial charge in [0.1, 0.15) is 24.4 Å². The van der Waals surface area contributed by atoms with Crippen molar-refractivity contribution in [3.8, 4) is 0 Å². The summed E-state index contributed by atoms with van der Waals surface area (Å²) in [6.07, 6.45) is 56.4. The Morgan fingerprint density at radius 3 is 1.39 bits per heavy atom. The summed E-state index contributed by atoms with van der Waals surface area (Å²) in [7, 11) is 0. The number of hydrogen-bond acceptors (Lipinski definition) is 8. The summed E-state index contributed by atoms with van der Waals surface area (Å²) in [5.74, 6) is -0.150. The molecule has 0 radical (unpaired) electrons.